The monoisotopic (exact) mass is 344 g/mol. The third-order valence-electron chi connectivity index (χ3n) is 5.02. The Hall–Kier alpha value is -2.28. The molecule has 0 unspecified atom stereocenters. The highest BCUT2D eigenvalue weighted by Crippen LogP contribution is 2.41. The first-order valence-corrected chi connectivity index (χ1v) is 8.63. The van der Waals surface area contributed by atoms with Gasteiger partial charge in [0.15, 0.2) is 5.82 Å². The second-order valence-corrected chi connectivity index (χ2v) is 6.69. The van der Waals surface area contributed by atoms with Gasteiger partial charge in [0.1, 0.15) is 0 Å². The Kier molecular flexibility index (Phi) is 4.48. The van der Waals surface area contributed by atoms with Gasteiger partial charge >= 0.3 is 0 Å². The molecule has 2 saturated heterocycles. The normalized spacial score (nSPS) is 26.1. The number of pyridine rings is 1. The molecule has 2 atom stereocenters. The highest BCUT2D eigenvalue weighted by atomic mass is 19.1. The van der Waals surface area contributed by atoms with Crippen molar-refractivity contribution in [3.05, 3.63) is 42.6 Å². The summed E-state index contributed by atoms with van der Waals surface area (Å²) in [6.45, 7) is 2.85. The van der Waals surface area contributed by atoms with Crippen LogP contribution in [-0.2, 0) is 4.74 Å². The van der Waals surface area contributed by atoms with Crippen molar-refractivity contribution in [3.63, 3.8) is 0 Å². The first-order valence-electron chi connectivity index (χ1n) is 8.63. The fraction of sp³-hybridized carbons (Fsp3) is 0.500. The molecule has 4 heterocycles. The van der Waals surface area contributed by atoms with Gasteiger partial charge in [0.05, 0.1) is 25.1 Å². The summed E-state index contributed by atoms with van der Waals surface area (Å²) in [5, 5.41) is 0. The van der Waals surface area contributed by atoms with Crippen LogP contribution in [0.15, 0.2) is 36.8 Å². The number of halogens is 1. The molecule has 6 nitrogen and oxygen atoms in total. The topological polar surface area (TPSA) is 60.4 Å². The van der Waals surface area contributed by atoms with Crippen molar-refractivity contribution < 1.29 is 13.9 Å². The van der Waals surface area contributed by atoms with Crippen LogP contribution in [0.2, 0.25) is 0 Å². The summed E-state index contributed by atoms with van der Waals surface area (Å²) in [4.78, 5) is 14.6. The number of nitrogens with zero attached hydrogens (tertiary/aromatic N) is 4. The molecule has 0 N–H and O–H groups in total. The molecule has 0 spiro atoms. The van der Waals surface area contributed by atoms with E-state index in [-0.39, 0.29) is 11.5 Å². The molecule has 2 fully saturated rings. The van der Waals surface area contributed by atoms with E-state index in [0.29, 0.717) is 18.4 Å². The van der Waals surface area contributed by atoms with Gasteiger partial charge in [0.2, 0.25) is 11.8 Å². The van der Waals surface area contributed by atoms with Crippen LogP contribution in [0.25, 0.3) is 0 Å². The average Bonchev–Trinajstić information content (AvgIpc) is 2.67. The van der Waals surface area contributed by atoms with Gasteiger partial charge in [0.25, 0.3) is 0 Å². The Morgan fingerprint density at radius 3 is 2.96 bits per heavy atom. The Bertz CT molecular complexity index is 700. The van der Waals surface area contributed by atoms with E-state index < -0.39 is 5.82 Å². The zero-order valence-corrected chi connectivity index (χ0v) is 14.0. The minimum Gasteiger partial charge on any atom is -0.477 e. The van der Waals surface area contributed by atoms with E-state index in [1.165, 1.54) is 12.4 Å². The van der Waals surface area contributed by atoms with Crippen LogP contribution < -0.4 is 9.64 Å². The van der Waals surface area contributed by atoms with Gasteiger partial charge in [-0.25, -0.2) is 19.3 Å². The molecule has 132 valence electrons. The molecule has 2 aromatic rings. The number of ether oxygens (including phenoxy) is 2. The third kappa shape index (κ3) is 3.42. The second-order valence-electron chi connectivity index (χ2n) is 6.69. The Labute approximate surface area is 146 Å². The summed E-state index contributed by atoms with van der Waals surface area (Å²) < 4.78 is 25.2. The first-order chi connectivity index (χ1) is 12.3. The molecular weight excluding hydrogens is 323 g/mol. The summed E-state index contributed by atoms with van der Waals surface area (Å²) >= 11 is 0. The van der Waals surface area contributed by atoms with Crippen LogP contribution in [0.4, 0.5) is 10.3 Å². The molecule has 0 aliphatic carbocycles. The first kappa shape index (κ1) is 16.2. The van der Waals surface area contributed by atoms with Gasteiger partial charge < -0.3 is 14.4 Å². The molecule has 0 saturated carbocycles. The summed E-state index contributed by atoms with van der Waals surface area (Å²) in [7, 11) is 0. The van der Waals surface area contributed by atoms with Crippen molar-refractivity contribution in [2.75, 3.05) is 31.2 Å². The van der Waals surface area contributed by atoms with Crippen LogP contribution >= 0.6 is 0 Å². The third-order valence-corrected chi connectivity index (χ3v) is 5.02. The van der Waals surface area contributed by atoms with E-state index in [1.54, 1.807) is 6.20 Å². The summed E-state index contributed by atoms with van der Waals surface area (Å²) in [5.74, 6) is 0.756. The fourth-order valence-electron chi connectivity index (χ4n) is 3.79. The van der Waals surface area contributed by atoms with Gasteiger partial charge in [-0.2, -0.15) is 0 Å². The van der Waals surface area contributed by atoms with Gasteiger partial charge in [-0.05, 0) is 25.3 Å². The Morgan fingerprint density at radius 1 is 1.28 bits per heavy atom. The van der Waals surface area contributed by atoms with Crippen LogP contribution in [-0.4, -0.2) is 47.4 Å². The fourth-order valence-corrected chi connectivity index (χ4v) is 3.79. The van der Waals surface area contributed by atoms with Gasteiger partial charge in [-0.15, -0.1) is 0 Å². The van der Waals surface area contributed by atoms with Gasteiger partial charge in [-0.1, -0.05) is 6.07 Å². The lowest BCUT2D eigenvalue weighted by Gasteiger charge is -2.50. The zero-order chi connectivity index (χ0) is 17.1. The quantitative estimate of drug-likeness (QED) is 0.849. The molecule has 2 aliphatic rings. The number of rotatable bonds is 4. The Morgan fingerprint density at radius 2 is 2.16 bits per heavy atom. The van der Waals surface area contributed by atoms with Crippen molar-refractivity contribution in [1.82, 2.24) is 15.0 Å². The SMILES string of the molecule is Fc1cnc(N2CC[C@H]3OCCC[C@]3(COc3ccccn3)C2)nc1. The van der Waals surface area contributed by atoms with E-state index in [1.807, 2.05) is 18.2 Å². The van der Waals surface area contributed by atoms with Crippen molar-refractivity contribution in [2.24, 2.45) is 5.41 Å². The van der Waals surface area contributed by atoms with Crippen molar-refractivity contribution in [2.45, 2.75) is 25.4 Å². The number of hydrogen-bond donors (Lipinski definition) is 0. The standard InChI is InChI=1S/C18H21FN4O2/c19-14-10-21-17(22-11-14)23-8-5-15-18(12-23,6-3-9-24-15)13-25-16-4-1-2-7-20-16/h1-2,4,7,10-11,15H,3,5-6,8-9,12-13H2/t15-,18-/m1/s1. The molecule has 25 heavy (non-hydrogen) atoms. The second kappa shape index (κ2) is 6.92. The molecule has 0 radical (unpaired) electrons. The molecule has 0 amide bonds. The number of piperidine rings is 1. The molecule has 2 aliphatic heterocycles. The lowest BCUT2D eigenvalue weighted by molar-refractivity contribution is -0.110. The average molecular weight is 344 g/mol. The molecular formula is C18H21FN4O2. The predicted octanol–water partition coefficient (Wildman–Crippen LogP) is 2.47. The molecule has 0 aromatic carbocycles. The van der Waals surface area contributed by atoms with E-state index in [2.05, 4.69) is 19.9 Å². The van der Waals surface area contributed by atoms with Crippen molar-refractivity contribution >= 4 is 5.95 Å². The lowest BCUT2D eigenvalue weighted by Crippen LogP contribution is -2.57. The molecule has 2 aromatic heterocycles. The Balaban J connectivity index is 1.53. The van der Waals surface area contributed by atoms with Gasteiger partial charge in [0, 0.05) is 37.4 Å². The maximum absolute atomic E-state index is 13.1. The highest BCUT2D eigenvalue weighted by Gasteiger charge is 2.47. The van der Waals surface area contributed by atoms with Crippen molar-refractivity contribution in [3.8, 4) is 5.88 Å². The summed E-state index contributed by atoms with van der Waals surface area (Å²) in [6.07, 6.45) is 7.20. The van der Waals surface area contributed by atoms with E-state index in [4.69, 9.17) is 9.47 Å². The smallest absolute Gasteiger partial charge is 0.225 e. The van der Waals surface area contributed by atoms with E-state index in [9.17, 15) is 4.39 Å². The van der Waals surface area contributed by atoms with Crippen molar-refractivity contribution in [1.29, 1.82) is 0 Å². The number of aromatic nitrogens is 3. The molecule has 4 rings (SSSR count). The molecule has 0 bridgehead atoms. The maximum atomic E-state index is 13.1. The van der Waals surface area contributed by atoms with Crippen LogP contribution in [0.5, 0.6) is 5.88 Å². The summed E-state index contributed by atoms with van der Waals surface area (Å²) in [6, 6.07) is 5.64. The van der Waals surface area contributed by atoms with Crippen LogP contribution in [0.1, 0.15) is 19.3 Å². The number of anilines is 1. The lowest BCUT2D eigenvalue weighted by atomic mass is 9.73. The zero-order valence-electron chi connectivity index (χ0n) is 14.0. The maximum Gasteiger partial charge on any atom is 0.225 e. The largest absolute Gasteiger partial charge is 0.477 e. The molecule has 7 heteroatoms. The number of hydrogen-bond acceptors (Lipinski definition) is 6. The predicted molar refractivity (Wildman–Crippen MR) is 90.0 cm³/mol. The van der Waals surface area contributed by atoms with E-state index >= 15 is 0 Å². The minimum atomic E-state index is -0.423. The summed E-state index contributed by atoms with van der Waals surface area (Å²) in [5.41, 5.74) is -0.133. The van der Waals surface area contributed by atoms with Crippen LogP contribution in [0, 0.1) is 11.2 Å². The number of fused-ring (bicyclic) bond motifs is 1. The minimum absolute atomic E-state index is 0.133. The highest BCUT2D eigenvalue weighted by molar-refractivity contribution is 5.31. The van der Waals surface area contributed by atoms with Crippen LogP contribution in [0.3, 0.4) is 0 Å². The van der Waals surface area contributed by atoms with E-state index in [0.717, 1.165) is 39.0 Å². The van der Waals surface area contributed by atoms with Gasteiger partial charge in [-0.3, -0.25) is 0 Å².